The number of pyridine rings is 1. The van der Waals surface area contributed by atoms with Crippen molar-refractivity contribution in [3.8, 4) is 17.1 Å². The lowest BCUT2D eigenvalue weighted by Crippen LogP contribution is -2.03. The first-order valence-corrected chi connectivity index (χ1v) is 7.09. The Bertz CT molecular complexity index is 883. The van der Waals surface area contributed by atoms with Gasteiger partial charge >= 0.3 is 5.97 Å². The summed E-state index contributed by atoms with van der Waals surface area (Å²) in [6.45, 7) is 0. The maximum atomic E-state index is 11.6. The van der Waals surface area contributed by atoms with Crippen molar-refractivity contribution in [2.45, 2.75) is 0 Å². The highest BCUT2D eigenvalue weighted by Crippen LogP contribution is 2.21. The number of carbonyl (C=O) groups is 1. The molecule has 0 amide bonds. The van der Waals surface area contributed by atoms with Crippen LogP contribution in [0.15, 0.2) is 54.9 Å². The predicted octanol–water partition coefficient (Wildman–Crippen LogP) is 2.77. The van der Waals surface area contributed by atoms with Crippen molar-refractivity contribution < 1.29 is 14.6 Å². The van der Waals surface area contributed by atoms with Gasteiger partial charge in [-0.1, -0.05) is 6.07 Å². The van der Waals surface area contributed by atoms with Gasteiger partial charge in [0, 0.05) is 29.7 Å². The number of nitrogens with zero attached hydrogens (tertiary/aromatic N) is 3. The number of rotatable bonds is 4. The van der Waals surface area contributed by atoms with E-state index in [9.17, 15) is 9.90 Å². The second kappa shape index (κ2) is 6.74. The summed E-state index contributed by atoms with van der Waals surface area (Å²) in [7, 11) is 1.33. The van der Waals surface area contributed by atoms with E-state index in [1.807, 2.05) is 0 Å². The second-order valence-electron chi connectivity index (χ2n) is 4.87. The molecule has 24 heavy (non-hydrogen) atoms. The number of hydrogen-bond donors (Lipinski definition) is 2. The van der Waals surface area contributed by atoms with Crippen LogP contribution in [0, 0.1) is 0 Å². The quantitative estimate of drug-likeness (QED) is 0.713. The molecule has 0 fully saturated rings. The molecule has 3 rings (SSSR count). The van der Waals surface area contributed by atoms with Gasteiger partial charge in [-0.25, -0.2) is 19.7 Å². The van der Waals surface area contributed by atoms with Crippen molar-refractivity contribution in [2.75, 3.05) is 12.4 Å². The lowest BCUT2D eigenvalue weighted by Gasteiger charge is -2.08. The first kappa shape index (κ1) is 15.4. The van der Waals surface area contributed by atoms with E-state index >= 15 is 0 Å². The van der Waals surface area contributed by atoms with E-state index in [0.717, 1.165) is 5.56 Å². The van der Waals surface area contributed by atoms with Crippen LogP contribution in [0.4, 0.5) is 11.6 Å². The molecule has 2 aromatic heterocycles. The number of anilines is 2. The Hall–Kier alpha value is -3.48. The Morgan fingerprint density at radius 3 is 2.75 bits per heavy atom. The summed E-state index contributed by atoms with van der Waals surface area (Å²) in [6, 6.07) is 11.8. The minimum absolute atomic E-state index is 0.0774. The molecule has 3 aromatic rings. The fourth-order valence-electron chi connectivity index (χ4n) is 2.13. The third-order valence-corrected chi connectivity index (χ3v) is 3.24. The fourth-order valence-corrected chi connectivity index (χ4v) is 2.13. The summed E-state index contributed by atoms with van der Waals surface area (Å²) in [5.41, 5.74) is 2.44. The highest BCUT2D eigenvalue weighted by molar-refractivity contribution is 5.90. The smallest absolute Gasteiger partial charge is 0.337 e. The molecule has 2 heterocycles. The molecule has 0 bridgehead atoms. The van der Waals surface area contributed by atoms with E-state index in [0.29, 0.717) is 22.9 Å². The highest BCUT2D eigenvalue weighted by Gasteiger charge is 2.07. The van der Waals surface area contributed by atoms with Crippen molar-refractivity contribution in [1.82, 2.24) is 15.0 Å². The van der Waals surface area contributed by atoms with Crippen molar-refractivity contribution in [2.24, 2.45) is 0 Å². The van der Waals surface area contributed by atoms with Gasteiger partial charge < -0.3 is 15.2 Å². The van der Waals surface area contributed by atoms with E-state index in [2.05, 4.69) is 20.3 Å². The summed E-state index contributed by atoms with van der Waals surface area (Å²) < 4.78 is 4.70. The van der Waals surface area contributed by atoms with Gasteiger partial charge in [0.1, 0.15) is 0 Å². The molecule has 0 unspecified atom stereocenters. The zero-order chi connectivity index (χ0) is 16.9. The molecule has 0 aliphatic heterocycles. The number of hydrogen-bond acceptors (Lipinski definition) is 7. The fraction of sp³-hybridized carbons (Fsp3) is 0.0588. The Labute approximate surface area is 138 Å². The van der Waals surface area contributed by atoms with Crippen LogP contribution in [0.1, 0.15) is 10.4 Å². The van der Waals surface area contributed by atoms with E-state index < -0.39 is 5.97 Å². The number of methoxy groups -OCH3 is 1. The molecular weight excluding hydrogens is 308 g/mol. The topological polar surface area (TPSA) is 97.2 Å². The third kappa shape index (κ3) is 3.46. The van der Waals surface area contributed by atoms with E-state index in [4.69, 9.17) is 4.74 Å². The first-order chi connectivity index (χ1) is 11.7. The molecule has 0 atom stereocenters. The van der Waals surface area contributed by atoms with Crippen LogP contribution < -0.4 is 5.32 Å². The summed E-state index contributed by atoms with van der Waals surface area (Å²) in [4.78, 5) is 23.9. The van der Waals surface area contributed by atoms with Gasteiger partial charge in [-0.2, -0.15) is 0 Å². The van der Waals surface area contributed by atoms with E-state index in [-0.39, 0.29) is 5.88 Å². The number of ether oxygens (including phenoxy) is 1. The zero-order valence-electron chi connectivity index (χ0n) is 12.8. The Morgan fingerprint density at radius 1 is 1.12 bits per heavy atom. The van der Waals surface area contributed by atoms with Gasteiger partial charge in [-0.15, -0.1) is 0 Å². The van der Waals surface area contributed by atoms with Crippen molar-refractivity contribution >= 4 is 17.6 Å². The van der Waals surface area contributed by atoms with Crippen LogP contribution in [0.5, 0.6) is 5.88 Å². The Morgan fingerprint density at radius 2 is 1.96 bits per heavy atom. The molecule has 0 radical (unpaired) electrons. The normalized spacial score (nSPS) is 10.2. The maximum absolute atomic E-state index is 11.6. The maximum Gasteiger partial charge on any atom is 0.337 e. The monoisotopic (exact) mass is 322 g/mol. The van der Waals surface area contributed by atoms with Gasteiger partial charge in [0.05, 0.1) is 18.4 Å². The van der Waals surface area contributed by atoms with Crippen LogP contribution >= 0.6 is 0 Å². The first-order valence-electron chi connectivity index (χ1n) is 7.09. The molecular formula is C17H14N4O3. The van der Waals surface area contributed by atoms with Crippen LogP contribution in [0.2, 0.25) is 0 Å². The van der Waals surface area contributed by atoms with Gasteiger partial charge in [-0.05, 0) is 30.3 Å². The molecule has 120 valence electrons. The highest BCUT2D eigenvalue weighted by atomic mass is 16.5. The van der Waals surface area contributed by atoms with Crippen molar-refractivity contribution in [3.05, 3.63) is 60.4 Å². The molecule has 0 aliphatic rings. The van der Waals surface area contributed by atoms with E-state index in [1.165, 1.54) is 19.4 Å². The molecule has 1 aromatic carbocycles. The molecule has 7 heteroatoms. The molecule has 7 nitrogen and oxygen atoms in total. The van der Waals surface area contributed by atoms with Crippen LogP contribution in [-0.4, -0.2) is 33.1 Å². The van der Waals surface area contributed by atoms with Crippen LogP contribution in [-0.2, 0) is 4.74 Å². The largest absolute Gasteiger partial charge is 0.493 e. The predicted molar refractivity (Wildman–Crippen MR) is 88.0 cm³/mol. The number of carbonyl (C=O) groups excluding carboxylic acids is 1. The lowest BCUT2D eigenvalue weighted by atomic mass is 10.2. The number of aromatic hydroxyl groups is 1. The summed E-state index contributed by atoms with van der Waals surface area (Å²) in [5.74, 6) is -0.127. The standard InChI is InChI=1S/C17H14N4O3/c1-24-16(23)12-3-2-4-13(9-12)20-17-19-8-6-14(21-17)11-5-7-18-15(22)10-11/h2-10H,1H3,(H,18,22)(H,19,20,21). The second-order valence-corrected chi connectivity index (χ2v) is 4.87. The molecule has 2 N–H and O–H groups in total. The van der Waals surface area contributed by atoms with Gasteiger partial charge in [0.15, 0.2) is 0 Å². The average molecular weight is 322 g/mol. The zero-order valence-corrected chi connectivity index (χ0v) is 12.8. The molecule has 0 aliphatic carbocycles. The van der Waals surface area contributed by atoms with Gasteiger partial charge in [-0.3, -0.25) is 0 Å². The number of nitrogens with one attached hydrogen (secondary N) is 1. The SMILES string of the molecule is COC(=O)c1cccc(Nc2nccc(-c3ccnc(O)c3)n2)c1. The number of esters is 1. The summed E-state index contributed by atoms with van der Waals surface area (Å²) in [5, 5.41) is 12.5. The molecule has 0 saturated heterocycles. The van der Waals surface area contributed by atoms with Gasteiger partial charge in [0.25, 0.3) is 0 Å². The Kier molecular flexibility index (Phi) is 4.33. The minimum atomic E-state index is -0.416. The summed E-state index contributed by atoms with van der Waals surface area (Å²) >= 11 is 0. The third-order valence-electron chi connectivity index (χ3n) is 3.24. The van der Waals surface area contributed by atoms with E-state index in [1.54, 1.807) is 42.6 Å². The van der Waals surface area contributed by atoms with Gasteiger partial charge in [0.2, 0.25) is 11.8 Å². The summed E-state index contributed by atoms with van der Waals surface area (Å²) in [6.07, 6.45) is 3.10. The number of benzene rings is 1. The van der Waals surface area contributed by atoms with Crippen molar-refractivity contribution in [3.63, 3.8) is 0 Å². The minimum Gasteiger partial charge on any atom is -0.493 e. The average Bonchev–Trinajstić information content (AvgIpc) is 2.61. The number of aromatic nitrogens is 3. The van der Waals surface area contributed by atoms with Crippen LogP contribution in [0.25, 0.3) is 11.3 Å². The van der Waals surface area contributed by atoms with Crippen molar-refractivity contribution in [1.29, 1.82) is 0 Å². The lowest BCUT2D eigenvalue weighted by molar-refractivity contribution is 0.0601. The van der Waals surface area contributed by atoms with Crippen LogP contribution in [0.3, 0.4) is 0 Å². The molecule has 0 saturated carbocycles. The Balaban J connectivity index is 1.86. The molecule has 0 spiro atoms.